The Bertz CT molecular complexity index is 480. The van der Waals surface area contributed by atoms with E-state index in [2.05, 4.69) is 0 Å². The van der Waals surface area contributed by atoms with Crippen LogP contribution in [0, 0.1) is 0 Å². The number of hydrogen-bond donors (Lipinski definition) is 3. The molecule has 0 aromatic heterocycles. The lowest BCUT2D eigenvalue weighted by Gasteiger charge is -2.20. The fraction of sp³-hybridized carbons (Fsp3) is 0.833. The third-order valence-electron chi connectivity index (χ3n) is 2.87. The highest BCUT2D eigenvalue weighted by molar-refractivity contribution is 7.47. The van der Waals surface area contributed by atoms with Gasteiger partial charge in [0.15, 0.2) is 5.79 Å². The van der Waals surface area contributed by atoms with Crippen LogP contribution in [0.25, 0.3) is 0 Å². The quantitative estimate of drug-likeness (QED) is 0.412. The zero-order chi connectivity index (χ0) is 18.4. The number of ether oxygens (including phenoxy) is 2. The Hall–Kier alpha value is -1.07. The first kappa shape index (κ1) is 21.0. The summed E-state index contributed by atoms with van der Waals surface area (Å²) in [5.74, 6) is -3.23. The number of phosphoric acid groups is 1. The molecule has 1 fully saturated rings. The minimum atomic E-state index is -4.37. The second kappa shape index (κ2) is 8.86. The molecule has 0 saturated carbocycles. The minimum absolute atomic E-state index is 0.164. The second-order valence-corrected chi connectivity index (χ2v) is 7.00. The lowest BCUT2D eigenvalue weighted by atomic mass is 10.4. The molecule has 0 aliphatic carbocycles. The average Bonchev–Trinajstić information content (AvgIpc) is 2.74. The SMILES string of the molecule is CC1(C)OCC(COP(=O)(O)OCCN(CC(=O)O)CC(=O)O)O1. The Morgan fingerprint density at radius 2 is 1.83 bits per heavy atom. The maximum Gasteiger partial charge on any atom is 0.472 e. The van der Waals surface area contributed by atoms with Crippen LogP contribution in [0.15, 0.2) is 0 Å². The Kier molecular flexibility index (Phi) is 7.74. The zero-order valence-corrected chi connectivity index (χ0v) is 14.3. The Balaban J connectivity index is 2.34. The average molecular weight is 371 g/mol. The molecule has 140 valence electrons. The first-order valence-electron chi connectivity index (χ1n) is 7.09. The van der Waals surface area contributed by atoms with Gasteiger partial charge in [-0.3, -0.25) is 23.5 Å². The predicted molar refractivity (Wildman–Crippen MR) is 78.3 cm³/mol. The maximum atomic E-state index is 11.7. The van der Waals surface area contributed by atoms with Gasteiger partial charge in [-0.15, -0.1) is 0 Å². The summed E-state index contributed by atoms with van der Waals surface area (Å²) in [6.07, 6.45) is -0.514. The van der Waals surface area contributed by atoms with Gasteiger partial charge in [-0.05, 0) is 13.8 Å². The van der Waals surface area contributed by atoms with E-state index in [0.717, 1.165) is 4.90 Å². The van der Waals surface area contributed by atoms with Crippen molar-refractivity contribution in [2.75, 3.05) is 39.5 Å². The molecule has 0 amide bonds. The minimum Gasteiger partial charge on any atom is -0.480 e. The number of aliphatic carboxylic acids is 2. The van der Waals surface area contributed by atoms with E-state index in [-0.39, 0.29) is 26.4 Å². The molecule has 1 saturated heterocycles. The van der Waals surface area contributed by atoms with Gasteiger partial charge in [0, 0.05) is 6.54 Å². The molecule has 2 unspecified atom stereocenters. The topological polar surface area (TPSA) is 152 Å². The number of carboxylic acid groups (broad SMARTS) is 2. The molecule has 0 spiro atoms. The number of hydrogen-bond acceptors (Lipinski definition) is 8. The van der Waals surface area contributed by atoms with Crippen molar-refractivity contribution < 1.29 is 47.8 Å². The van der Waals surface area contributed by atoms with Gasteiger partial charge in [-0.25, -0.2) is 4.57 Å². The van der Waals surface area contributed by atoms with Crippen molar-refractivity contribution in [2.24, 2.45) is 0 Å². The third kappa shape index (κ3) is 8.69. The number of rotatable bonds is 11. The Morgan fingerprint density at radius 1 is 1.25 bits per heavy atom. The largest absolute Gasteiger partial charge is 0.480 e. The fourth-order valence-corrected chi connectivity index (χ4v) is 2.68. The highest BCUT2D eigenvalue weighted by Crippen LogP contribution is 2.43. The van der Waals surface area contributed by atoms with E-state index in [1.54, 1.807) is 13.8 Å². The van der Waals surface area contributed by atoms with Crippen molar-refractivity contribution in [2.45, 2.75) is 25.7 Å². The summed E-state index contributed by atoms with van der Waals surface area (Å²) in [6.45, 7) is 1.78. The molecule has 1 aliphatic heterocycles. The van der Waals surface area contributed by atoms with E-state index in [4.69, 9.17) is 28.7 Å². The fourth-order valence-electron chi connectivity index (χ4n) is 1.94. The van der Waals surface area contributed by atoms with E-state index in [1.807, 2.05) is 0 Å². The van der Waals surface area contributed by atoms with Crippen LogP contribution < -0.4 is 0 Å². The Labute approximate surface area is 138 Å². The molecule has 0 bridgehead atoms. The molecule has 0 radical (unpaired) electrons. The standard InChI is InChI=1S/C12H22NO10P/c1-12(2)20-7-9(23-12)8-22-24(18,19)21-4-3-13(5-10(14)15)6-11(16)17/h9H,3-8H2,1-2H3,(H,14,15)(H,16,17)(H,18,19). The first-order valence-corrected chi connectivity index (χ1v) is 8.58. The van der Waals surface area contributed by atoms with Crippen LogP contribution in [0.1, 0.15) is 13.8 Å². The van der Waals surface area contributed by atoms with Gasteiger partial charge in [0.05, 0.1) is 32.9 Å². The molecule has 12 heteroatoms. The number of phosphoric ester groups is 1. The third-order valence-corrected chi connectivity index (χ3v) is 3.85. The summed E-state index contributed by atoms with van der Waals surface area (Å²) in [7, 11) is -4.37. The molecular formula is C12H22NO10P. The number of carboxylic acids is 2. The highest BCUT2D eigenvalue weighted by atomic mass is 31.2. The van der Waals surface area contributed by atoms with Gasteiger partial charge in [0.25, 0.3) is 0 Å². The van der Waals surface area contributed by atoms with Gasteiger partial charge >= 0.3 is 19.8 Å². The molecule has 24 heavy (non-hydrogen) atoms. The lowest BCUT2D eigenvalue weighted by molar-refractivity contribution is -0.143. The molecular weight excluding hydrogens is 349 g/mol. The number of nitrogens with zero attached hydrogens (tertiary/aromatic N) is 1. The summed E-state index contributed by atoms with van der Waals surface area (Å²) in [5, 5.41) is 17.3. The molecule has 3 N–H and O–H groups in total. The summed E-state index contributed by atoms with van der Waals surface area (Å²) in [6, 6.07) is 0. The van der Waals surface area contributed by atoms with Gasteiger partial charge in [-0.1, -0.05) is 0 Å². The van der Waals surface area contributed by atoms with E-state index < -0.39 is 44.7 Å². The molecule has 2 atom stereocenters. The van der Waals surface area contributed by atoms with Crippen LogP contribution >= 0.6 is 7.82 Å². The van der Waals surface area contributed by atoms with E-state index in [1.165, 1.54) is 0 Å². The molecule has 11 nitrogen and oxygen atoms in total. The molecule has 1 heterocycles. The van der Waals surface area contributed by atoms with Gasteiger partial charge in [-0.2, -0.15) is 0 Å². The van der Waals surface area contributed by atoms with Crippen molar-refractivity contribution in [3.63, 3.8) is 0 Å². The van der Waals surface area contributed by atoms with Crippen LogP contribution in [0.3, 0.4) is 0 Å². The van der Waals surface area contributed by atoms with Crippen molar-refractivity contribution in [1.29, 1.82) is 0 Å². The van der Waals surface area contributed by atoms with Crippen LogP contribution in [0.2, 0.25) is 0 Å². The van der Waals surface area contributed by atoms with Crippen molar-refractivity contribution in [3.05, 3.63) is 0 Å². The van der Waals surface area contributed by atoms with Crippen molar-refractivity contribution >= 4 is 19.8 Å². The molecule has 1 aliphatic rings. The van der Waals surface area contributed by atoms with Crippen molar-refractivity contribution in [1.82, 2.24) is 4.90 Å². The van der Waals surface area contributed by atoms with Gasteiger partial charge in [0.1, 0.15) is 6.10 Å². The van der Waals surface area contributed by atoms with Crippen molar-refractivity contribution in [3.8, 4) is 0 Å². The normalized spacial score (nSPS) is 22.4. The predicted octanol–water partition coefficient (Wildman–Crippen LogP) is -0.257. The molecule has 0 aromatic carbocycles. The van der Waals surface area contributed by atoms with Gasteiger partial charge < -0.3 is 24.6 Å². The van der Waals surface area contributed by atoms with Crippen LogP contribution in [0.4, 0.5) is 0 Å². The van der Waals surface area contributed by atoms with E-state index >= 15 is 0 Å². The van der Waals surface area contributed by atoms with Crippen LogP contribution in [0.5, 0.6) is 0 Å². The monoisotopic (exact) mass is 371 g/mol. The highest BCUT2D eigenvalue weighted by Gasteiger charge is 2.34. The van der Waals surface area contributed by atoms with E-state index in [0.29, 0.717) is 0 Å². The van der Waals surface area contributed by atoms with Crippen LogP contribution in [-0.4, -0.2) is 83.3 Å². The van der Waals surface area contributed by atoms with Gasteiger partial charge in [0.2, 0.25) is 0 Å². The van der Waals surface area contributed by atoms with Crippen LogP contribution in [-0.2, 0) is 32.7 Å². The Morgan fingerprint density at radius 3 is 2.29 bits per heavy atom. The molecule has 0 aromatic rings. The van der Waals surface area contributed by atoms with E-state index in [9.17, 15) is 19.0 Å². The summed E-state index contributed by atoms with van der Waals surface area (Å²) >= 11 is 0. The zero-order valence-electron chi connectivity index (χ0n) is 13.4. The first-order chi connectivity index (χ1) is 11.0. The maximum absolute atomic E-state index is 11.7. The number of carbonyl (C=O) groups is 2. The summed E-state index contributed by atoms with van der Waals surface area (Å²) in [5.41, 5.74) is 0. The smallest absolute Gasteiger partial charge is 0.472 e. The molecule has 1 rings (SSSR count). The summed E-state index contributed by atoms with van der Waals surface area (Å²) < 4.78 is 31.9. The summed E-state index contributed by atoms with van der Waals surface area (Å²) in [4.78, 5) is 31.8. The second-order valence-electron chi connectivity index (χ2n) is 5.55. The lowest BCUT2D eigenvalue weighted by Crippen LogP contribution is -2.36.